The van der Waals surface area contributed by atoms with E-state index in [9.17, 15) is 10.1 Å². The van der Waals surface area contributed by atoms with Crippen LogP contribution in [0.2, 0.25) is 5.02 Å². The number of nitrogens with zero attached hydrogens (tertiary/aromatic N) is 1. The minimum atomic E-state index is -0.707. The lowest BCUT2D eigenvalue weighted by molar-refractivity contribution is -0.139. The predicted molar refractivity (Wildman–Crippen MR) is 112 cm³/mol. The molecule has 154 valence electrons. The van der Waals surface area contributed by atoms with Gasteiger partial charge in [0.1, 0.15) is 29.8 Å². The first-order valence-electron chi connectivity index (χ1n) is 9.37. The summed E-state index contributed by atoms with van der Waals surface area (Å²) in [6, 6.07) is 16.6. The number of carbonyl (C=O) groups excluding carboxylic acids is 1. The van der Waals surface area contributed by atoms with Crippen molar-refractivity contribution >= 4 is 17.6 Å². The maximum absolute atomic E-state index is 12.6. The smallest absolute Gasteiger partial charge is 0.338 e. The maximum Gasteiger partial charge on any atom is 0.338 e. The van der Waals surface area contributed by atoms with Crippen molar-refractivity contribution in [1.29, 1.82) is 5.26 Å². The summed E-state index contributed by atoms with van der Waals surface area (Å²) in [4.78, 5) is 12.6. The van der Waals surface area contributed by atoms with Gasteiger partial charge in [-0.05, 0) is 49.2 Å². The SMILES string of the molecule is CCOC(=O)C1=C(C)OC(N)=C(C#N)C1c1cccc(OCc2ccc(Cl)cc2)c1. The highest BCUT2D eigenvalue weighted by Crippen LogP contribution is 2.40. The van der Waals surface area contributed by atoms with Crippen LogP contribution >= 0.6 is 11.6 Å². The number of ether oxygens (including phenoxy) is 3. The fraction of sp³-hybridized carbons (Fsp3) is 0.217. The number of hydrogen-bond acceptors (Lipinski definition) is 6. The fourth-order valence-electron chi connectivity index (χ4n) is 3.22. The van der Waals surface area contributed by atoms with Gasteiger partial charge in [0.2, 0.25) is 5.88 Å². The molecule has 2 aromatic rings. The Bertz CT molecular complexity index is 1050. The van der Waals surface area contributed by atoms with E-state index in [1.54, 1.807) is 44.2 Å². The molecule has 1 unspecified atom stereocenters. The number of nitriles is 1. The number of carbonyl (C=O) groups is 1. The van der Waals surface area contributed by atoms with Crippen LogP contribution in [0, 0.1) is 11.3 Å². The molecule has 2 aromatic carbocycles. The van der Waals surface area contributed by atoms with Crippen molar-refractivity contribution in [2.24, 2.45) is 5.73 Å². The Morgan fingerprint density at radius 2 is 2.00 bits per heavy atom. The fourth-order valence-corrected chi connectivity index (χ4v) is 3.35. The number of nitrogens with two attached hydrogens (primary N) is 1. The van der Waals surface area contributed by atoms with Crippen molar-refractivity contribution in [1.82, 2.24) is 0 Å². The molecule has 0 saturated carbocycles. The van der Waals surface area contributed by atoms with E-state index in [1.165, 1.54) is 0 Å². The van der Waals surface area contributed by atoms with Crippen LogP contribution < -0.4 is 10.5 Å². The van der Waals surface area contributed by atoms with E-state index in [4.69, 9.17) is 31.5 Å². The molecule has 0 saturated heterocycles. The van der Waals surface area contributed by atoms with E-state index >= 15 is 0 Å². The Hall–Kier alpha value is -3.43. The van der Waals surface area contributed by atoms with Crippen molar-refractivity contribution in [3.8, 4) is 11.8 Å². The minimum absolute atomic E-state index is 0.0273. The van der Waals surface area contributed by atoms with E-state index in [2.05, 4.69) is 6.07 Å². The second kappa shape index (κ2) is 9.38. The standard InChI is InChI=1S/C23H21ClN2O4/c1-3-28-23(27)20-14(2)30-22(26)19(12-25)21(20)16-5-4-6-18(11-16)29-13-15-7-9-17(24)10-8-15/h4-11,21H,3,13,26H2,1-2H3. The summed E-state index contributed by atoms with van der Waals surface area (Å²) < 4.78 is 16.5. The normalized spacial score (nSPS) is 16.0. The number of allylic oxidation sites excluding steroid dienone is 2. The van der Waals surface area contributed by atoms with Gasteiger partial charge in [-0.25, -0.2) is 4.79 Å². The van der Waals surface area contributed by atoms with Gasteiger partial charge in [-0.1, -0.05) is 35.9 Å². The summed E-state index contributed by atoms with van der Waals surface area (Å²) in [5.41, 5.74) is 7.97. The molecule has 0 radical (unpaired) electrons. The molecule has 0 bridgehead atoms. The minimum Gasteiger partial charge on any atom is -0.489 e. The zero-order valence-electron chi connectivity index (χ0n) is 16.6. The molecule has 3 rings (SSSR count). The van der Waals surface area contributed by atoms with Crippen molar-refractivity contribution in [3.63, 3.8) is 0 Å². The third-order valence-electron chi connectivity index (χ3n) is 4.61. The highest BCUT2D eigenvalue weighted by atomic mass is 35.5. The quantitative estimate of drug-likeness (QED) is 0.683. The van der Waals surface area contributed by atoms with Gasteiger partial charge < -0.3 is 19.9 Å². The zero-order valence-corrected chi connectivity index (χ0v) is 17.4. The average molecular weight is 425 g/mol. The second-order valence-corrected chi connectivity index (χ2v) is 7.04. The van der Waals surface area contributed by atoms with Gasteiger partial charge in [0.05, 0.1) is 18.1 Å². The van der Waals surface area contributed by atoms with Crippen molar-refractivity contribution in [2.45, 2.75) is 26.4 Å². The van der Waals surface area contributed by atoms with Crippen LogP contribution in [0.25, 0.3) is 0 Å². The van der Waals surface area contributed by atoms with Gasteiger partial charge in [0.15, 0.2) is 0 Å². The third-order valence-corrected chi connectivity index (χ3v) is 4.86. The Morgan fingerprint density at radius 1 is 1.27 bits per heavy atom. The first-order chi connectivity index (χ1) is 14.4. The van der Waals surface area contributed by atoms with Crippen LogP contribution in [0.1, 0.15) is 30.9 Å². The Labute approximate surface area is 180 Å². The number of halogens is 1. The molecule has 0 amide bonds. The molecule has 2 N–H and O–H groups in total. The molecular formula is C23H21ClN2O4. The van der Waals surface area contributed by atoms with Gasteiger partial charge in [0.25, 0.3) is 0 Å². The van der Waals surface area contributed by atoms with Crippen LogP contribution in [-0.2, 0) is 20.9 Å². The van der Waals surface area contributed by atoms with E-state index in [-0.39, 0.29) is 23.6 Å². The third kappa shape index (κ3) is 4.58. The van der Waals surface area contributed by atoms with Crippen LogP contribution in [0.3, 0.4) is 0 Å². The molecule has 0 aliphatic carbocycles. The molecule has 0 aromatic heterocycles. The van der Waals surface area contributed by atoms with Crippen molar-refractivity contribution in [3.05, 3.63) is 87.5 Å². The summed E-state index contributed by atoms with van der Waals surface area (Å²) in [7, 11) is 0. The summed E-state index contributed by atoms with van der Waals surface area (Å²) >= 11 is 5.91. The monoisotopic (exact) mass is 424 g/mol. The topological polar surface area (TPSA) is 94.6 Å². The second-order valence-electron chi connectivity index (χ2n) is 6.60. The average Bonchev–Trinajstić information content (AvgIpc) is 2.73. The number of rotatable bonds is 6. The molecule has 1 aliphatic heterocycles. The first-order valence-corrected chi connectivity index (χ1v) is 9.75. The first kappa shape index (κ1) is 21.3. The van der Waals surface area contributed by atoms with Crippen LogP contribution in [0.4, 0.5) is 0 Å². The molecule has 30 heavy (non-hydrogen) atoms. The number of hydrogen-bond donors (Lipinski definition) is 1. The lowest BCUT2D eigenvalue weighted by Crippen LogP contribution is -2.25. The number of benzene rings is 2. The molecular weight excluding hydrogens is 404 g/mol. The van der Waals surface area contributed by atoms with Gasteiger partial charge in [-0.15, -0.1) is 0 Å². The molecule has 1 aliphatic rings. The van der Waals surface area contributed by atoms with Crippen LogP contribution in [0.15, 0.2) is 71.3 Å². The lowest BCUT2D eigenvalue weighted by atomic mass is 9.83. The van der Waals surface area contributed by atoms with Crippen molar-refractivity contribution < 1.29 is 19.0 Å². The lowest BCUT2D eigenvalue weighted by Gasteiger charge is -2.27. The molecule has 0 fully saturated rings. The highest BCUT2D eigenvalue weighted by Gasteiger charge is 2.36. The molecule has 1 atom stereocenters. The summed E-state index contributed by atoms with van der Waals surface area (Å²) in [5.74, 6) is -0.386. The van der Waals surface area contributed by atoms with E-state index in [0.29, 0.717) is 28.7 Å². The van der Waals surface area contributed by atoms with Gasteiger partial charge in [0, 0.05) is 5.02 Å². The summed E-state index contributed by atoms with van der Waals surface area (Å²) in [6.07, 6.45) is 0. The van der Waals surface area contributed by atoms with E-state index in [0.717, 1.165) is 5.56 Å². The molecule has 7 heteroatoms. The summed E-state index contributed by atoms with van der Waals surface area (Å²) in [5, 5.41) is 10.3. The zero-order chi connectivity index (χ0) is 21.7. The highest BCUT2D eigenvalue weighted by molar-refractivity contribution is 6.30. The molecule has 1 heterocycles. The Morgan fingerprint density at radius 3 is 2.67 bits per heavy atom. The number of esters is 1. The predicted octanol–water partition coefficient (Wildman–Crippen LogP) is 4.56. The van der Waals surface area contributed by atoms with E-state index < -0.39 is 11.9 Å². The van der Waals surface area contributed by atoms with E-state index in [1.807, 2.05) is 18.2 Å². The van der Waals surface area contributed by atoms with Gasteiger partial charge in [-0.3, -0.25) is 0 Å². The summed E-state index contributed by atoms with van der Waals surface area (Å²) in [6.45, 7) is 3.89. The Kier molecular flexibility index (Phi) is 6.65. The van der Waals surface area contributed by atoms with Crippen molar-refractivity contribution in [2.75, 3.05) is 6.61 Å². The molecule has 0 spiro atoms. The van der Waals surface area contributed by atoms with Crippen LogP contribution in [0.5, 0.6) is 5.75 Å². The Balaban J connectivity index is 1.93. The van der Waals surface area contributed by atoms with Crippen LogP contribution in [-0.4, -0.2) is 12.6 Å². The maximum atomic E-state index is 12.6. The molecule has 6 nitrogen and oxygen atoms in total. The van der Waals surface area contributed by atoms with Gasteiger partial charge >= 0.3 is 5.97 Å². The largest absolute Gasteiger partial charge is 0.489 e. The van der Waals surface area contributed by atoms with Gasteiger partial charge in [-0.2, -0.15) is 5.26 Å².